The number of anilines is 1. The summed E-state index contributed by atoms with van der Waals surface area (Å²) in [5.74, 6) is -1.90. The number of hydrogen-bond acceptors (Lipinski definition) is 4. The second-order valence-electron chi connectivity index (χ2n) is 7.45. The van der Waals surface area contributed by atoms with Crippen LogP contribution in [0.3, 0.4) is 0 Å². The Labute approximate surface area is 203 Å². The van der Waals surface area contributed by atoms with Gasteiger partial charge in [0.1, 0.15) is 18.4 Å². The van der Waals surface area contributed by atoms with Crippen LogP contribution in [0.15, 0.2) is 42.5 Å². The summed E-state index contributed by atoms with van der Waals surface area (Å²) in [7, 11) is -4.01. The van der Waals surface area contributed by atoms with Gasteiger partial charge >= 0.3 is 0 Å². The molecule has 0 bridgehead atoms. The quantitative estimate of drug-likeness (QED) is 0.518. The van der Waals surface area contributed by atoms with E-state index in [9.17, 15) is 22.4 Å². The molecule has 2 aromatic carbocycles. The zero-order valence-corrected chi connectivity index (χ0v) is 20.8. The first-order chi connectivity index (χ1) is 15.5. The zero-order valence-electron chi connectivity index (χ0n) is 18.5. The highest BCUT2D eigenvalue weighted by molar-refractivity contribution is 7.92. The Bertz CT molecular complexity index is 1110. The van der Waals surface area contributed by atoms with Gasteiger partial charge in [0.25, 0.3) is 0 Å². The van der Waals surface area contributed by atoms with Gasteiger partial charge in [0.2, 0.25) is 21.8 Å². The molecule has 0 unspecified atom stereocenters. The van der Waals surface area contributed by atoms with Gasteiger partial charge in [0, 0.05) is 23.1 Å². The molecule has 0 spiro atoms. The van der Waals surface area contributed by atoms with Crippen molar-refractivity contribution in [1.29, 1.82) is 0 Å². The fourth-order valence-electron chi connectivity index (χ4n) is 3.06. The SMILES string of the molecule is CCCNC(=O)[C@@H](C)N(Cc1ccc(Cl)cc1Cl)C(=O)CN(c1ccccc1F)S(C)(=O)=O. The number of amides is 2. The van der Waals surface area contributed by atoms with E-state index in [1.54, 1.807) is 12.1 Å². The van der Waals surface area contributed by atoms with Crippen molar-refractivity contribution < 1.29 is 22.4 Å². The number of nitrogens with zero attached hydrogens (tertiary/aromatic N) is 2. The summed E-state index contributed by atoms with van der Waals surface area (Å²) in [6.07, 6.45) is 1.58. The third-order valence-electron chi connectivity index (χ3n) is 4.87. The van der Waals surface area contributed by atoms with Crippen LogP contribution in [0.4, 0.5) is 10.1 Å². The minimum absolute atomic E-state index is 0.0789. The topological polar surface area (TPSA) is 86.8 Å². The number of para-hydroxylation sites is 1. The molecule has 2 amide bonds. The van der Waals surface area contributed by atoms with E-state index in [-0.39, 0.29) is 17.3 Å². The van der Waals surface area contributed by atoms with Crippen molar-refractivity contribution in [3.05, 3.63) is 63.9 Å². The first-order valence-corrected chi connectivity index (χ1v) is 12.8. The number of nitrogens with one attached hydrogen (secondary N) is 1. The lowest BCUT2D eigenvalue weighted by molar-refractivity contribution is -0.139. The highest BCUT2D eigenvalue weighted by Gasteiger charge is 2.31. The smallest absolute Gasteiger partial charge is 0.244 e. The molecule has 33 heavy (non-hydrogen) atoms. The molecule has 2 rings (SSSR count). The van der Waals surface area contributed by atoms with Crippen LogP contribution in [0, 0.1) is 5.82 Å². The number of benzene rings is 2. The zero-order chi connectivity index (χ0) is 24.8. The molecule has 11 heteroatoms. The average Bonchev–Trinajstić information content (AvgIpc) is 2.74. The van der Waals surface area contributed by atoms with Gasteiger partial charge in [0.15, 0.2) is 0 Å². The third-order valence-corrected chi connectivity index (χ3v) is 6.59. The van der Waals surface area contributed by atoms with Crippen LogP contribution in [-0.4, -0.2) is 50.5 Å². The Morgan fingerprint density at radius 3 is 2.39 bits per heavy atom. The molecular formula is C22H26Cl2FN3O4S. The molecule has 0 fully saturated rings. The van der Waals surface area contributed by atoms with Crippen molar-refractivity contribution >= 4 is 50.7 Å². The number of rotatable bonds is 10. The molecule has 0 heterocycles. The Morgan fingerprint density at radius 1 is 1.15 bits per heavy atom. The molecule has 0 aromatic heterocycles. The Hall–Kier alpha value is -2.36. The third kappa shape index (κ3) is 7.31. The second-order valence-corrected chi connectivity index (χ2v) is 10.2. The Morgan fingerprint density at radius 2 is 1.82 bits per heavy atom. The molecular weight excluding hydrogens is 492 g/mol. The lowest BCUT2D eigenvalue weighted by Gasteiger charge is -2.31. The lowest BCUT2D eigenvalue weighted by Crippen LogP contribution is -2.51. The number of sulfonamides is 1. The van der Waals surface area contributed by atoms with E-state index in [4.69, 9.17) is 23.2 Å². The molecule has 7 nitrogen and oxygen atoms in total. The monoisotopic (exact) mass is 517 g/mol. The Balaban J connectivity index is 2.42. The van der Waals surface area contributed by atoms with Gasteiger partial charge in [-0.2, -0.15) is 0 Å². The number of hydrogen-bond donors (Lipinski definition) is 1. The second kappa shape index (κ2) is 11.7. The summed E-state index contributed by atoms with van der Waals surface area (Å²) in [6, 6.07) is 9.01. The molecule has 0 saturated carbocycles. The first kappa shape index (κ1) is 26.9. The van der Waals surface area contributed by atoms with Gasteiger partial charge in [-0.15, -0.1) is 0 Å². The van der Waals surface area contributed by atoms with E-state index in [0.29, 0.717) is 27.9 Å². The Kier molecular flexibility index (Phi) is 9.51. The van der Waals surface area contributed by atoms with Crippen LogP contribution < -0.4 is 9.62 Å². The fourth-order valence-corrected chi connectivity index (χ4v) is 4.38. The van der Waals surface area contributed by atoms with E-state index in [1.165, 1.54) is 36.1 Å². The van der Waals surface area contributed by atoms with E-state index in [2.05, 4.69) is 5.32 Å². The van der Waals surface area contributed by atoms with Gasteiger partial charge in [0.05, 0.1) is 11.9 Å². The van der Waals surface area contributed by atoms with Crippen LogP contribution >= 0.6 is 23.2 Å². The van der Waals surface area contributed by atoms with Gasteiger partial charge in [-0.25, -0.2) is 12.8 Å². The predicted molar refractivity (Wildman–Crippen MR) is 128 cm³/mol. The summed E-state index contributed by atoms with van der Waals surface area (Å²) in [5, 5.41) is 3.41. The molecule has 180 valence electrons. The van der Waals surface area contributed by atoms with Crippen molar-refractivity contribution in [3.8, 4) is 0 Å². The molecule has 0 aliphatic carbocycles. The van der Waals surface area contributed by atoms with Crippen LogP contribution in [0.5, 0.6) is 0 Å². The molecule has 0 saturated heterocycles. The van der Waals surface area contributed by atoms with Crippen LogP contribution in [0.25, 0.3) is 0 Å². The summed E-state index contributed by atoms with van der Waals surface area (Å²) in [6.45, 7) is 3.05. The van der Waals surface area contributed by atoms with Crippen molar-refractivity contribution in [1.82, 2.24) is 10.2 Å². The number of carbonyl (C=O) groups excluding carboxylic acids is 2. The normalized spacial score (nSPS) is 12.2. The van der Waals surface area contributed by atoms with Crippen LogP contribution in [0.1, 0.15) is 25.8 Å². The number of halogens is 3. The van der Waals surface area contributed by atoms with Crippen molar-refractivity contribution in [3.63, 3.8) is 0 Å². The average molecular weight is 518 g/mol. The van der Waals surface area contributed by atoms with Crippen molar-refractivity contribution in [2.45, 2.75) is 32.9 Å². The van der Waals surface area contributed by atoms with Crippen molar-refractivity contribution in [2.24, 2.45) is 0 Å². The maximum absolute atomic E-state index is 14.4. The molecule has 1 atom stereocenters. The largest absolute Gasteiger partial charge is 0.354 e. The summed E-state index contributed by atoms with van der Waals surface area (Å²) in [4.78, 5) is 27.2. The molecule has 1 N–H and O–H groups in total. The van der Waals surface area contributed by atoms with Crippen molar-refractivity contribution in [2.75, 3.05) is 23.7 Å². The molecule has 0 aliphatic heterocycles. The van der Waals surface area contributed by atoms with E-state index in [1.807, 2.05) is 6.92 Å². The molecule has 0 radical (unpaired) electrons. The molecule has 0 aliphatic rings. The lowest BCUT2D eigenvalue weighted by atomic mass is 10.1. The van der Waals surface area contributed by atoms with Crippen LogP contribution in [0.2, 0.25) is 10.0 Å². The summed E-state index contributed by atoms with van der Waals surface area (Å²) < 4.78 is 39.9. The number of carbonyl (C=O) groups is 2. The van der Waals surface area contributed by atoms with Gasteiger partial charge in [-0.1, -0.05) is 48.3 Å². The maximum atomic E-state index is 14.4. The summed E-state index contributed by atoms with van der Waals surface area (Å²) >= 11 is 12.2. The van der Waals surface area contributed by atoms with E-state index < -0.39 is 40.2 Å². The van der Waals surface area contributed by atoms with E-state index in [0.717, 1.165) is 12.3 Å². The predicted octanol–water partition coefficient (Wildman–Crippen LogP) is 3.84. The highest BCUT2D eigenvalue weighted by atomic mass is 35.5. The molecule has 2 aromatic rings. The van der Waals surface area contributed by atoms with E-state index >= 15 is 0 Å². The minimum atomic E-state index is -4.01. The van der Waals surface area contributed by atoms with Gasteiger partial charge in [-0.3, -0.25) is 13.9 Å². The standard InChI is InChI=1S/C22H26Cl2FN3O4S/c1-4-11-26-22(30)15(2)27(13-16-9-10-17(23)12-18(16)24)21(29)14-28(33(3,31)32)20-8-6-5-7-19(20)25/h5-10,12,15H,4,11,13-14H2,1-3H3,(H,26,30)/t15-/m1/s1. The fraction of sp³-hybridized carbons (Fsp3) is 0.364. The maximum Gasteiger partial charge on any atom is 0.244 e. The minimum Gasteiger partial charge on any atom is -0.354 e. The first-order valence-electron chi connectivity index (χ1n) is 10.2. The summed E-state index contributed by atoms with van der Waals surface area (Å²) in [5.41, 5.74) is 0.252. The van der Waals surface area contributed by atoms with Gasteiger partial charge in [-0.05, 0) is 43.2 Å². The highest BCUT2D eigenvalue weighted by Crippen LogP contribution is 2.25. The van der Waals surface area contributed by atoms with Gasteiger partial charge < -0.3 is 10.2 Å². The van der Waals surface area contributed by atoms with Crippen LogP contribution in [-0.2, 0) is 26.2 Å².